The Hall–Kier alpha value is -2.29. The summed E-state index contributed by atoms with van der Waals surface area (Å²) in [5, 5.41) is 3.03. The first-order chi connectivity index (χ1) is 10.8. The highest BCUT2D eigenvalue weighted by Crippen LogP contribution is 2.25. The zero-order valence-electron chi connectivity index (χ0n) is 14.5. The van der Waals surface area contributed by atoms with Gasteiger partial charge in [-0.2, -0.15) is 0 Å². The maximum atomic E-state index is 12.4. The molecule has 1 N–H and O–H groups in total. The Bertz CT molecular complexity index is 669. The van der Waals surface area contributed by atoms with Gasteiger partial charge in [0.05, 0.1) is 13.2 Å². The Morgan fingerprint density at radius 2 is 1.65 bits per heavy atom. The lowest BCUT2D eigenvalue weighted by Crippen LogP contribution is -2.27. The largest absolute Gasteiger partial charge is 0.496 e. The second-order valence-corrected chi connectivity index (χ2v) is 6.76. The number of benzene rings is 2. The summed E-state index contributed by atoms with van der Waals surface area (Å²) < 4.78 is 5.36. The molecule has 3 nitrogen and oxygen atoms in total. The highest BCUT2D eigenvalue weighted by Gasteiger charge is 2.17. The third-order valence-corrected chi connectivity index (χ3v) is 3.97. The van der Waals surface area contributed by atoms with Gasteiger partial charge in [0, 0.05) is 11.1 Å². The summed E-state index contributed by atoms with van der Waals surface area (Å²) in [5.74, 6) is 0.701. The van der Waals surface area contributed by atoms with Crippen LogP contribution in [-0.2, 0) is 5.41 Å². The molecular weight excluding hydrogens is 286 g/mol. The van der Waals surface area contributed by atoms with Crippen LogP contribution in [0.5, 0.6) is 5.75 Å². The monoisotopic (exact) mass is 311 g/mol. The van der Waals surface area contributed by atoms with Crippen LogP contribution in [-0.4, -0.2) is 13.0 Å². The van der Waals surface area contributed by atoms with Crippen LogP contribution in [0.3, 0.4) is 0 Å². The van der Waals surface area contributed by atoms with E-state index in [9.17, 15) is 4.79 Å². The number of ether oxygens (including phenoxy) is 1. The Morgan fingerprint density at radius 1 is 1.04 bits per heavy atom. The molecule has 2 aromatic carbocycles. The van der Waals surface area contributed by atoms with Crippen molar-refractivity contribution in [2.75, 3.05) is 7.11 Å². The lowest BCUT2D eigenvalue weighted by Gasteiger charge is -2.20. The molecule has 0 radical (unpaired) electrons. The Balaban J connectivity index is 2.12. The molecule has 0 saturated carbocycles. The lowest BCUT2D eigenvalue weighted by atomic mass is 9.86. The molecule has 23 heavy (non-hydrogen) atoms. The zero-order chi connectivity index (χ0) is 17.0. The summed E-state index contributed by atoms with van der Waals surface area (Å²) in [6.07, 6.45) is 0. The fourth-order valence-electron chi connectivity index (χ4n) is 2.50. The van der Waals surface area contributed by atoms with Crippen molar-refractivity contribution >= 4 is 5.91 Å². The second kappa shape index (κ2) is 6.86. The van der Waals surface area contributed by atoms with Crippen molar-refractivity contribution in [3.8, 4) is 5.75 Å². The fraction of sp³-hybridized carbons (Fsp3) is 0.350. The zero-order valence-corrected chi connectivity index (χ0v) is 14.5. The van der Waals surface area contributed by atoms with Gasteiger partial charge in [0.15, 0.2) is 0 Å². The molecule has 0 bridgehead atoms. The van der Waals surface area contributed by atoms with E-state index in [-0.39, 0.29) is 17.4 Å². The van der Waals surface area contributed by atoms with Crippen LogP contribution in [0, 0.1) is 0 Å². The Labute approximate surface area is 138 Å². The molecule has 0 aromatic heterocycles. The van der Waals surface area contributed by atoms with Crippen molar-refractivity contribution in [3.63, 3.8) is 0 Å². The molecule has 122 valence electrons. The smallest absolute Gasteiger partial charge is 0.251 e. The average molecular weight is 311 g/mol. The molecule has 1 amide bonds. The average Bonchev–Trinajstić information content (AvgIpc) is 2.54. The Morgan fingerprint density at radius 3 is 2.22 bits per heavy atom. The van der Waals surface area contributed by atoms with Gasteiger partial charge in [0.25, 0.3) is 5.91 Å². The second-order valence-electron chi connectivity index (χ2n) is 6.76. The summed E-state index contributed by atoms with van der Waals surface area (Å²) in [5.41, 5.74) is 2.93. The molecular formula is C20H25NO2. The third-order valence-electron chi connectivity index (χ3n) is 3.97. The molecule has 3 heteroatoms. The predicted octanol–water partition coefficient (Wildman–Crippen LogP) is 4.48. The summed E-state index contributed by atoms with van der Waals surface area (Å²) in [7, 11) is 1.64. The van der Waals surface area contributed by atoms with Gasteiger partial charge in [-0.25, -0.2) is 0 Å². The van der Waals surface area contributed by atoms with Crippen LogP contribution in [0.25, 0.3) is 0 Å². The molecule has 0 spiro atoms. The van der Waals surface area contributed by atoms with Gasteiger partial charge in [-0.05, 0) is 36.1 Å². The number of hydrogen-bond acceptors (Lipinski definition) is 2. The molecule has 2 aromatic rings. The number of nitrogens with one attached hydrogen (secondary N) is 1. The van der Waals surface area contributed by atoms with Crippen LogP contribution >= 0.6 is 0 Å². The van der Waals surface area contributed by atoms with Gasteiger partial charge in [-0.1, -0.05) is 51.1 Å². The first-order valence-electron chi connectivity index (χ1n) is 7.87. The van der Waals surface area contributed by atoms with Crippen LogP contribution in [0.2, 0.25) is 0 Å². The van der Waals surface area contributed by atoms with Crippen molar-refractivity contribution < 1.29 is 9.53 Å². The molecule has 2 rings (SSSR count). The topological polar surface area (TPSA) is 38.3 Å². The number of para-hydroxylation sites is 1. The minimum Gasteiger partial charge on any atom is -0.496 e. The fourth-order valence-corrected chi connectivity index (χ4v) is 2.50. The van der Waals surface area contributed by atoms with Gasteiger partial charge in [0.1, 0.15) is 5.75 Å². The standard InChI is InChI=1S/C20H25NO2/c1-14(17-8-6-7-9-18(17)23-5)21-19(22)15-10-12-16(13-11-15)20(2,3)4/h6-14H,1-5H3,(H,21,22)/t14-/m0/s1. The summed E-state index contributed by atoms with van der Waals surface area (Å²) in [6, 6.07) is 15.4. The van der Waals surface area contributed by atoms with Crippen molar-refractivity contribution in [1.82, 2.24) is 5.32 Å². The van der Waals surface area contributed by atoms with E-state index in [1.807, 2.05) is 55.5 Å². The molecule has 0 unspecified atom stereocenters. The van der Waals surface area contributed by atoms with Gasteiger partial charge in [0.2, 0.25) is 0 Å². The number of carbonyl (C=O) groups excluding carboxylic acids is 1. The number of rotatable bonds is 4. The number of methoxy groups -OCH3 is 1. The normalized spacial score (nSPS) is 12.6. The van der Waals surface area contributed by atoms with Crippen LogP contribution in [0.15, 0.2) is 48.5 Å². The van der Waals surface area contributed by atoms with Crippen LogP contribution < -0.4 is 10.1 Å². The molecule has 1 atom stereocenters. The van der Waals surface area contributed by atoms with Crippen LogP contribution in [0.1, 0.15) is 55.2 Å². The number of hydrogen-bond donors (Lipinski definition) is 1. The molecule has 0 fully saturated rings. The SMILES string of the molecule is COc1ccccc1[C@H](C)NC(=O)c1ccc(C(C)(C)C)cc1. The van der Waals surface area contributed by atoms with Gasteiger partial charge in [-0.3, -0.25) is 4.79 Å². The van der Waals surface area contributed by atoms with Gasteiger partial charge < -0.3 is 10.1 Å². The molecule has 0 aliphatic carbocycles. The lowest BCUT2D eigenvalue weighted by molar-refractivity contribution is 0.0939. The Kier molecular flexibility index (Phi) is 5.09. The minimum atomic E-state index is -0.124. The summed E-state index contributed by atoms with van der Waals surface area (Å²) >= 11 is 0. The molecule has 0 saturated heterocycles. The van der Waals surface area contributed by atoms with E-state index in [2.05, 4.69) is 26.1 Å². The van der Waals surface area contributed by atoms with E-state index in [4.69, 9.17) is 4.74 Å². The first-order valence-corrected chi connectivity index (χ1v) is 7.87. The van der Waals surface area contributed by atoms with Crippen LogP contribution in [0.4, 0.5) is 0 Å². The van der Waals surface area contributed by atoms with E-state index in [0.29, 0.717) is 5.56 Å². The van der Waals surface area contributed by atoms with E-state index in [1.165, 1.54) is 5.56 Å². The van der Waals surface area contributed by atoms with Crippen molar-refractivity contribution in [2.24, 2.45) is 0 Å². The highest BCUT2D eigenvalue weighted by atomic mass is 16.5. The van der Waals surface area contributed by atoms with Gasteiger partial charge >= 0.3 is 0 Å². The molecule has 0 aliphatic heterocycles. The van der Waals surface area contributed by atoms with E-state index in [0.717, 1.165) is 11.3 Å². The number of carbonyl (C=O) groups is 1. The maximum absolute atomic E-state index is 12.4. The third kappa shape index (κ3) is 4.13. The van der Waals surface area contributed by atoms with Crippen molar-refractivity contribution in [2.45, 2.75) is 39.2 Å². The van der Waals surface area contributed by atoms with Gasteiger partial charge in [-0.15, -0.1) is 0 Å². The predicted molar refractivity (Wildman–Crippen MR) is 94.0 cm³/mol. The highest BCUT2D eigenvalue weighted by molar-refractivity contribution is 5.94. The molecule has 0 heterocycles. The molecule has 0 aliphatic rings. The number of amides is 1. The quantitative estimate of drug-likeness (QED) is 0.904. The van der Waals surface area contributed by atoms with E-state index in [1.54, 1.807) is 7.11 Å². The van der Waals surface area contributed by atoms with E-state index < -0.39 is 0 Å². The van der Waals surface area contributed by atoms with Crippen molar-refractivity contribution in [3.05, 3.63) is 65.2 Å². The first kappa shape index (κ1) is 17.1. The maximum Gasteiger partial charge on any atom is 0.251 e. The van der Waals surface area contributed by atoms with E-state index >= 15 is 0 Å². The summed E-state index contributed by atoms with van der Waals surface area (Å²) in [4.78, 5) is 12.4. The minimum absolute atomic E-state index is 0.0798. The summed E-state index contributed by atoms with van der Waals surface area (Å²) in [6.45, 7) is 8.43. The van der Waals surface area contributed by atoms with Crippen molar-refractivity contribution in [1.29, 1.82) is 0 Å².